The maximum Gasteiger partial charge on any atom is 0.226 e. The number of rotatable bonds is 7. The van der Waals surface area contributed by atoms with Gasteiger partial charge in [-0.15, -0.1) is 0 Å². The number of unbranched alkanes of at least 4 members (excludes halogenated alkanes) is 1. The van der Waals surface area contributed by atoms with Gasteiger partial charge in [0.15, 0.2) is 0 Å². The van der Waals surface area contributed by atoms with Gasteiger partial charge in [0.05, 0.1) is 0 Å². The first-order valence-electron chi connectivity index (χ1n) is 7.22. The molecule has 1 aromatic carbocycles. The minimum Gasteiger partial charge on any atom is -0.366 e. The molecule has 1 N–H and O–H groups in total. The third-order valence-electron chi connectivity index (χ3n) is 3.25. The average molecular weight is 288 g/mol. The van der Waals surface area contributed by atoms with Crippen LogP contribution in [0.1, 0.15) is 25.3 Å². The second-order valence-electron chi connectivity index (χ2n) is 4.96. The smallest absolute Gasteiger partial charge is 0.226 e. The highest BCUT2D eigenvalue weighted by Gasteiger charge is 2.05. The maximum absolute atomic E-state index is 13.6. The zero-order valence-electron chi connectivity index (χ0n) is 12.5. The lowest BCUT2D eigenvalue weighted by atomic mass is 10.2. The Kier molecular flexibility index (Phi) is 5.49. The molecule has 0 unspecified atom stereocenters. The summed E-state index contributed by atoms with van der Waals surface area (Å²) >= 11 is 0. The number of benzene rings is 1. The number of aromatic nitrogens is 2. The van der Waals surface area contributed by atoms with Crippen LogP contribution < -0.4 is 10.2 Å². The molecule has 0 spiro atoms. The van der Waals surface area contributed by atoms with Crippen LogP contribution in [-0.4, -0.2) is 23.6 Å². The van der Waals surface area contributed by atoms with Crippen molar-refractivity contribution in [3.63, 3.8) is 0 Å². The molecular formula is C16H21FN4. The zero-order valence-corrected chi connectivity index (χ0v) is 12.5. The molecule has 0 aliphatic carbocycles. The van der Waals surface area contributed by atoms with Gasteiger partial charge in [0.2, 0.25) is 5.95 Å². The lowest BCUT2D eigenvalue weighted by molar-refractivity contribution is 0.613. The molecule has 0 bridgehead atoms. The monoisotopic (exact) mass is 288 g/mol. The Morgan fingerprint density at radius 1 is 1.24 bits per heavy atom. The van der Waals surface area contributed by atoms with Gasteiger partial charge in [-0.3, -0.25) is 0 Å². The first kappa shape index (κ1) is 15.2. The Labute approximate surface area is 125 Å². The highest BCUT2D eigenvalue weighted by molar-refractivity contribution is 5.41. The molecule has 2 aromatic rings. The Balaban J connectivity index is 1.99. The summed E-state index contributed by atoms with van der Waals surface area (Å²) in [6, 6.07) is 8.52. The van der Waals surface area contributed by atoms with Crippen LogP contribution >= 0.6 is 0 Å². The lowest BCUT2D eigenvalue weighted by Gasteiger charge is -2.17. The SMILES string of the molecule is CCCCN(C)c1nccc(NCc2ccccc2F)n1. The summed E-state index contributed by atoms with van der Waals surface area (Å²) in [5.41, 5.74) is 0.622. The third kappa shape index (κ3) is 4.41. The first-order chi connectivity index (χ1) is 10.2. The van der Waals surface area contributed by atoms with Crippen molar-refractivity contribution in [1.82, 2.24) is 9.97 Å². The van der Waals surface area contributed by atoms with E-state index in [1.807, 2.05) is 18.0 Å². The number of hydrogen-bond donors (Lipinski definition) is 1. The molecule has 1 heterocycles. The van der Waals surface area contributed by atoms with Crippen molar-refractivity contribution in [3.05, 3.63) is 47.9 Å². The fourth-order valence-electron chi connectivity index (χ4n) is 1.95. The quantitative estimate of drug-likeness (QED) is 0.847. The van der Waals surface area contributed by atoms with E-state index in [0.717, 1.165) is 19.4 Å². The number of nitrogens with zero attached hydrogens (tertiary/aromatic N) is 3. The molecule has 0 saturated heterocycles. The second kappa shape index (κ2) is 7.57. The fraction of sp³-hybridized carbons (Fsp3) is 0.375. The Morgan fingerprint density at radius 3 is 2.81 bits per heavy atom. The van der Waals surface area contributed by atoms with E-state index in [1.54, 1.807) is 24.4 Å². The van der Waals surface area contributed by atoms with E-state index < -0.39 is 0 Å². The molecule has 0 saturated carbocycles. The summed E-state index contributed by atoms with van der Waals surface area (Å²) in [6.45, 7) is 3.48. The summed E-state index contributed by atoms with van der Waals surface area (Å²) < 4.78 is 13.6. The molecule has 2 rings (SSSR count). The van der Waals surface area contributed by atoms with Crippen LogP contribution in [-0.2, 0) is 6.54 Å². The largest absolute Gasteiger partial charge is 0.366 e. The summed E-state index contributed by atoms with van der Waals surface area (Å²) in [4.78, 5) is 10.7. The van der Waals surface area contributed by atoms with Crippen molar-refractivity contribution in [1.29, 1.82) is 0 Å². The van der Waals surface area contributed by atoms with Crippen LogP contribution in [0.2, 0.25) is 0 Å². The van der Waals surface area contributed by atoms with Gasteiger partial charge in [0, 0.05) is 31.9 Å². The predicted octanol–water partition coefficient (Wildman–Crippen LogP) is 3.46. The normalized spacial score (nSPS) is 10.4. The maximum atomic E-state index is 13.6. The van der Waals surface area contributed by atoms with Crippen LogP contribution in [0.3, 0.4) is 0 Å². The van der Waals surface area contributed by atoms with Gasteiger partial charge in [-0.25, -0.2) is 9.37 Å². The van der Waals surface area contributed by atoms with Gasteiger partial charge in [0.25, 0.3) is 0 Å². The van der Waals surface area contributed by atoms with Gasteiger partial charge in [-0.05, 0) is 18.6 Å². The molecule has 4 nitrogen and oxygen atoms in total. The minimum absolute atomic E-state index is 0.209. The third-order valence-corrected chi connectivity index (χ3v) is 3.25. The van der Waals surface area contributed by atoms with E-state index in [0.29, 0.717) is 23.9 Å². The Morgan fingerprint density at radius 2 is 2.05 bits per heavy atom. The lowest BCUT2D eigenvalue weighted by Crippen LogP contribution is -2.21. The first-order valence-corrected chi connectivity index (χ1v) is 7.22. The molecule has 0 atom stereocenters. The van der Waals surface area contributed by atoms with Crippen molar-refractivity contribution in [2.24, 2.45) is 0 Å². The summed E-state index contributed by atoms with van der Waals surface area (Å²) in [6.07, 6.45) is 3.96. The molecule has 0 fully saturated rings. The highest BCUT2D eigenvalue weighted by atomic mass is 19.1. The second-order valence-corrected chi connectivity index (χ2v) is 4.96. The topological polar surface area (TPSA) is 41.1 Å². The number of halogens is 1. The van der Waals surface area contributed by atoms with E-state index in [-0.39, 0.29) is 5.82 Å². The van der Waals surface area contributed by atoms with Crippen LogP contribution in [0.15, 0.2) is 36.5 Å². The molecule has 0 amide bonds. The average Bonchev–Trinajstić information content (AvgIpc) is 2.52. The van der Waals surface area contributed by atoms with E-state index in [1.165, 1.54) is 6.07 Å². The van der Waals surface area contributed by atoms with Gasteiger partial charge >= 0.3 is 0 Å². The fourth-order valence-corrected chi connectivity index (χ4v) is 1.95. The van der Waals surface area contributed by atoms with Crippen molar-refractivity contribution in [3.8, 4) is 0 Å². The van der Waals surface area contributed by atoms with Crippen LogP contribution in [0.4, 0.5) is 16.2 Å². The van der Waals surface area contributed by atoms with Crippen molar-refractivity contribution >= 4 is 11.8 Å². The van der Waals surface area contributed by atoms with E-state index in [4.69, 9.17) is 0 Å². The molecule has 5 heteroatoms. The molecule has 21 heavy (non-hydrogen) atoms. The number of anilines is 2. The Bertz CT molecular complexity index is 574. The predicted molar refractivity (Wildman–Crippen MR) is 83.9 cm³/mol. The van der Waals surface area contributed by atoms with Crippen molar-refractivity contribution in [2.45, 2.75) is 26.3 Å². The molecule has 112 valence electrons. The Hall–Kier alpha value is -2.17. The molecule has 0 radical (unpaired) electrons. The van der Waals surface area contributed by atoms with Gasteiger partial charge in [-0.1, -0.05) is 31.5 Å². The van der Waals surface area contributed by atoms with Gasteiger partial charge < -0.3 is 10.2 Å². The van der Waals surface area contributed by atoms with E-state index in [2.05, 4.69) is 22.2 Å². The van der Waals surface area contributed by atoms with E-state index >= 15 is 0 Å². The van der Waals surface area contributed by atoms with Crippen LogP contribution in [0.25, 0.3) is 0 Å². The van der Waals surface area contributed by atoms with Crippen LogP contribution in [0, 0.1) is 5.82 Å². The van der Waals surface area contributed by atoms with Gasteiger partial charge in [-0.2, -0.15) is 4.98 Å². The van der Waals surface area contributed by atoms with Crippen molar-refractivity contribution in [2.75, 3.05) is 23.8 Å². The van der Waals surface area contributed by atoms with E-state index in [9.17, 15) is 4.39 Å². The summed E-state index contributed by atoms with van der Waals surface area (Å²) in [5.74, 6) is 1.17. The summed E-state index contributed by atoms with van der Waals surface area (Å²) in [7, 11) is 1.98. The molecule has 0 aliphatic heterocycles. The number of nitrogens with one attached hydrogen (secondary N) is 1. The van der Waals surface area contributed by atoms with Gasteiger partial charge in [0.1, 0.15) is 11.6 Å². The standard InChI is InChI=1S/C16H21FN4/c1-3-4-11-21(2)16-18-10-9-15(20-16)19-12-13-7-5-6-8-14(13)17/h5-10H,3-4,11-12H2,1-2H3,(H,18,19,20). The minimum atomic E-state index is -0.209. The summed E-state index contributed by atoms with van der Waals surface area (Å²) in [5, 5.41) is 3.14. The molecule has 0 aliphatic rings. The highest BCUT2D eigenvalue weighted by Crippen LogP contribution is 2.13. The molecular weight excluding hydrogens is 267 g/mol. The number of hydrogen-bond acceptors (Lipinski definition) is 4. The molecule has 1 aromatic heterocycles. The zero-order chi connectivity index (χ0) is 15.1. The van der Waals surface area contributed by atoms with Crippen LogP contribution in [0.5, 0.6) is 0 Å². The van der Waals surface area contributed by atoms with Crippen molar-refractivity contribution < 1.29 is 4.39 Å².